The molecule has 0 bridgehead atoms. The fraction of sp³-hybridized carbons (Fsp3) is 0.500. The summed E-state index contributed by atoms with van der Waals surface area (Å²) in [5.41, 5.74) is 0. The molecule has 0 aromatic rings. The molecule has 1 aliphatic heterocycles. The molecule has 0 amide bonds. The van der Waals surface area contributed by atoms with Crippen LogP contribution in [0.5, 0.6) is 0 Å². The van der Waals surface area contributed by atoms with Crippen molar-refractivity contribution < 1.29 is 28.7 Å². The van der Waals surface area contributed by atoms with Gasteiger partial charge in [-0.1, -0.05) is 0 Å². The van der Waals surface area contributed by atoms with Gasteiger partial charge in [-0.25, -0.2) is 9.59 Å². The van der Waals surface area contributed by atoms with Crippen LogP contribution in [-0.4, -0.2) is 35.7 Å². The summed E-state index contributed by atoms with van der Waals surface area (Å²) in [7, 11) is 0. The number of allylic oxidation sites excluding steroid dienone is 2. The lowest BCUT2D eigenvalue weighted by Crippen LogP contribution is -2.16. The predicted octanol–water partition coefficient (Wildman–Crippen LogP) is 1.67. The van der Waals surface area contributed by atoms with Gasteiger partial charge in [0.05, 0.1) is 12.2 Å². The Hall–Kier alpha value is -2.24. The molecule has 6 nitrogen and oxygen atoms in total. The van der Waals surface area contributed by atoms with Gasteiger partial charge in [0.25, 0.3) is 0 Å². The Labute approximate surface area is 129 Å². The molecule has 0 aromatic heterocycles. The molecule has 120 valence electrons. The van der Waals surface area contributed by atoms with Crippen molar-refractivity contribution in [3.63, 3.8) is 0 Å². The minimum atomic E-state index is -0.615. The molecule has 1 rings (SSSR count). The highest BCUT2D eigenvalue weighted by Crippen LogP contribution is 2.07. The maximum atomic E-state index is 11.6. The van der Waals surface area contributed by atoms with Crippen molar-refractivity contribution in [3.8, 4) is 0 Å². The quantitative estimate of drug-likeness (QED) is 0.633. The highest BCUT2D eigenvalue weighted by molar-refractivity contribution is 5.96. The number of ether oxygens (including phenoxy) is 2. The van der Waals surface area contributed by atoms with E-state index in [2.05, 4.69) is 0 Å². The highest BCUT2D eigenvalue weighted by atomic mass is 16.5. The number of hydrogen-bond donors (Lipinski definition) is 0. The SMILES string of the molecule is CC1CCC(=O)C=CC(=O)OC(C)CCC(=O)C=CC(=O)O1. The molecule has 2 atom stereocenters. The van der Waals surface area contributed by atoms with E-state index in [1.165, 1.54) is 0 Å². The minimum absolute atomic E-state index is 0.149. The van der Waals surface area contributed by atoms with Crippen LogP contribution in [0.25, 0.3) is 0 Å². The normalized spacial score (nSPS) is 25.7. The Morgan fingerprint density at radius 2 is 1.09 bits per heavy atom. The van der Waals surface area contributed by atoms with E-state index in [9.17, 15) is 19.2 Å². The van der Waals surface area contributed by atoms with Gasteiger partial charge < -0.3 is 9.47 Å². The number of hydrogen-bond acceptors (Lipinski definition) is 6. The number of rotatable bonds is 0. The summed E-state index contributed by atoms with van der Waals surface area (Å²) in [6.07, 6.45) is 4.51. The Bertz CT molecular complexity index is 457. The molecule has 6 heteroatoms. The van der Waals surface area contributed by atoms with Gasteiger partial charge in [-0.2, -0.15) is 0 Å². The highest BCUT2D eigenvalue weighted by Gasteiger charge is 2.12. The van der Waals surface area contributed by atoms with Gasteiger partial charge in [0.15, 0.2) is 11.6 Å². The molecule has 0 aliphatic carbocycles. The molecule has 0 radical (unpaired) electrons. The van der Waals surface area contributed by atoms with Crippen LogP contribution in [0.1, 0.15) is 39.5 Å². The first-order valence-electron chi connectivity index (χ1n) is 7.20. The van der Waals surface area contributed by atoms with Gasteiger partial charge in [0.1, 0.15) is 0 Å². The zero-order chi connectivity index (χ0) is 16.5. The average Bonchev–Trinajstić information content (AvgIpc) is 2.46. The van der Waals surface area contributed by atoms with Gasteiger partial charge in [0, 0.05) is 25.0 Å². The van der Waals surface area contributed by atoms with E-state index in [4.69, 9.17) is 9.47 Å². The lowest BCUT2D eigenvalue weighted by Gasteiger charge is -2.12. The second kappa shape index (κ2) is 8.92. The summed E-state index contributed by atoms with van der Waals surface area (Å²) >= 11 is 0. The smallest absolute Gasteiger partial charge is 0.331 e. The minimum Gasteiger partial charge on any atom is -0.459 e. The molecule has 1 heterocycles. The van der Waals surface area contributed by atoms with E-state index in [1.807, 2.05) is 0 Å². The first kappa shape index (κ1) is 17.8. The fourth-order valence-electron chi connectivity index (χ4n) is 1.77. The molecule has 0 fully saturated rings. The van der Waals surface area contributed by atoms with Crippen molar-refractivity contribution in [3.05, 3.63) is 24.3 Å². The summed E-state index contributed by atoms with van der Waals surface area (Å²) in [5.74, 6) is -1.72. The number of esters is 2. The van der Waals surface area contributed by atoms with E-state index in [0.29, 0.717) is 12.8 Å². The molecular formula is C16H20O6. The molecule has 0 aromatic carbocycles. The van der Waals surface area contributed by atoms with Crippen LogP contribution in [-0.2, 0) is 28.7 Å². The van der Waals surface area contributed by atoms with Gasteiger partial charge in [0.2, 0.25) is 0 Å². The van der Waals surface area contributed by atoms with Crippen molar-refractivity contribution >= 4 is 23.5 Å². The molecule has 0 saturated heterocycles. The second-order valence-corrected chi connectivity index (χ2v) is 5.17. The van der Waals surface area contributed by atoms with E-state index in [-0.39, 0.29) is 24.4 Å². The van der Waals surface area contributed by atoms with Crippen LogP contribution >= 0.6 is 0 Å². The molecule has 1 aliphatic rings. The molecule has 0 saturated carbocycles. The largest absolute Gasteiger partial charge is 0.459 e. The zero-order valence-corrected chi connectivity index (χ0v) is 12.7. The summed E-state index contributed by atoms with van der Waals surface area (Å²) in [5, 5.41) is 0. The second-order valence-electron chi connectivity index (χ2n) is 5.17. The van der Waals surface area contributed by atoms with E-state index in [0.717, 1.165) is 24.3 Å². The first-order chi connectivity index (χ1) is 10.4. The zero-order valence-electron chi connectivity index (χ0n) is 12.7. The third kappa shape index (κ3) is 7.52. The topological polar surface area (TPSA) is 86.7 Å². The molecule has 0 N–H and O–H groups in total. The standard InChI is InChI=1S/C16H20O6/c1-11-3-5-13(17)8-10-16(20)22-12(2)4-6-14(18)7-9-15(19)21-11/h7-12H,3-6H2,1-2H3. The number of cyclic esters (lactones) is 2. The van der Waals surface area contributed by atoms with E-state index in [1.54, 1.807) is 13.8 Å². The Kier molecular flexibility index (Phi) is 7.22. The predicted molar refractivity (Wildman–Crippen MR) is 77.9 cm³/mol. The third-order valence-corrected chi connectivity index (χ3v) is 3.04. The maximum absolute atomic E-state index is 11.6. The molecular weight excluding hydrogens is 288 g/mol. The monoisotopic (exact) mass is 308 g/mol. The van der Waals surface area contributed by atoms with Gasteiger partial charge in [-0.05, 0) is 38.8 Å². The molecule has 22 heavy (non-hydrogen) atoms. The van der Waals surface area contributed by atoms with E-state index < -0.39 is 24.1 Å². The van der Waals surface area contributed by atoms with Gasteiger partial charge in [-0.15, -0.1) is 0 Å². The lowest BCUT2D eigenvalue weighted by atomic mass is 10.1. The summed E-state index contributed by atoms with van der Waals surface area (Å²) in [6.45, 7) is 3.31. The van der Waals surface area contributed by atoms with Crippen LogP contribution in [0, 0.1) is 0 Å². The van der Waals surface area contributed by atoms with Crippen LogP contribution in [0.15, 0.2) is 24.3 Å². The molecule has 2 unspecified atom stereocenters. The van der Waals surface area contributed by atoms with Crippen molar-refractivity contribution in [1.82, 2.24) is 0 Å². The van der Waals surface area contributed by atoms with Crippen molar-refractivity contribution in [2.24, 2.45) is 0 Å². The van der Waals surface area contributed by atoms with E-state index >= 15 is 0 Å². The summed E-state index contributed by atoms with van der Waals surface area (Å²) < 4.78 is 10.1. The summed E-state index contributed by atoms with van der Waals surface area (Å²) in [4.78, 5) is 46.1. The van der Waals surface area contributed by atoms with Crippen LogP contribution in [0.4, 0.5) is 0 Å². The Morgan fingerprint density at radius 1 is 0.727 bits per heavy atom. The van der Waals surface area contributed by atoms with Crippen molar-refractivity contribution in [2.75, 3.05) is 0 Å². The average molecular weight is 308 g/mol. The van der Waals surface area contributed by atoms with Crippen LogP contribution in [0.3, 0.4) is 0 Å². The van der Waals surface area contributed by atoms with Gasteiger partial charge >= 0.3 is 11.9 Å². The van der Waals surface area contributed by atoms with Crippen molar-refractivity contribution in [1.29, 1.82) is 0 Å². The lowest BCUT2D eigenvalue weighted by molar-refractivity contribution is -0.143. The van der Waals surface area contributed by atoms with Crippen molar-refractivity contribution in [2.45, 2.75) is 51.7 Å². The number of ketones is 2. The van der Waals surface area contributed by atoms with Crippen LogP contribution < -0.4 is 0 Å². The number of carbonyl (C=O) groups is 4. The third-order valence-electron chi connectivity index (χ3n) is 3.04. The van der Waals surface area contributed by atoms with Gasteiger partial charge in [-0.3, -0.25) is 9.59 Å². The Morgan fingerprint density at radius 3 is 1.45 bits per heavy atom. The van der Waals surface area contributed by atoms with Crippen LogP contribution in [0.2, 0.25) is 0 Å². The Balaban J connectivity index is 2.75. The molecule has 0 spiro atoms. The maximum Gasteiger partial charge on any atom is 0.331 e. The fourth-order valence-corrected chi connectivity index (χ4v) is 1.77. The first-order valence-corrected chi connectivity index (χ1v) is 7.20. The number of carbonyl (C=O) groups excluding carboxylic acids is 4. The summed E-state index contributed by atoms with van der Waals surface area (Å²) in [6, 6.07) is 0.